The smallest absolute Gasteiger partial charge is 0.418 e. The third-order valence-corrected chi connectivity index (χ3v) is 3.70. The van der Waals surface area contributed by atoms with Gasteiger partial charge in [-0.25, -0.2) is 0 Å². The van der Waals surface area contributed by atoms with Crippen LogP contribution in [0.5, 0.6) is 5.75 Å². The third-order valence-electron chi connectivity index (χ3n) is 3.70. The largest absolute Gasteiger partial charge is 0.475 e. The molecule has 2 aliphatic rings. The Morgan fingerprint density at radius 3 is 2.53 bits per heavy atom. The fourth-order valence-electron chi connectivity index (χ4n) is 2.74. The number of halogens is 3. The number of carbonyl (C=O) groups excluding carboxylic acids is 1. The molecular formula is C13H12F3NO2. The fourth-order valence-corrected chi connectivity index (χ4v) is 2.74. The average Bonchev–Trinajstić information content (AvgIpc) is 2.78. The molecule has 1 heterocycles. The maximum Gasteiger partial charge on any atom is 0.418 e. The molecule has 1 aromatic carbocycles. The average molecular weight is 271 g/mol. The van der Waals surface area contributed by atoms with E-state index in [0.29, 0.717) is 12.8 Å². The lowest BCUT2D eigenvalue weighted by Crippen LogP contribution is -2.49. The Labute approximate surface area is 107 Å². The van der Waals surface area contributed by atoms with Crippen molar-refractivity contribution in [2.45, 2.75) is 37.5 Å². The molecule has 19 heavy (non-hydrogen) atoms. The van der Waals surface area contributed by atoms with E-state index < -0.39 is 23.2 Å². The summed E-state index contributed by atoms with van der Waals surface area (Å²) in [5.41, 5.74) is -2.11. The Morgan fingerprint density at radius 1 is 1.21 bits per heavy atom. The van der Waals surface area contributed by atoms with Gasteiger partial charge in [0.25, 0.3) is 5.91 Å². The van der Waals surface area contributed by atoms with Gasteiger partial charge in [0.2, 0.25) is 0 Å². The van der Waals surface area contributed by atoms with Crippen molar-refractivity contribution in [1.29, 1.82) is 0 Å². The molecule has 1 fully saturated rings. The van der Waals surface area contributed by atoms with Gasteiger partial charge >= 0.3 is 6.18 Å². The molecule has 1 aliphatic carbocycles. The van der Waals surface area contributed by atoms with Crippen molar-refractivity contribution in [3.63, 3.8) is 0 Å². The Hall–Kier alpha value is -1.72. The quantitative estimate of drug-likeness (QED) is 0.785. The van der Waals surface area contributed by atoms with E-state index in [-0.39, 0.29) is 11.4 Å². The fraction of sp³-hybridized carbons (Fsp3) is 0.462. The molecule has 0 radical (unpaired) electrons. The minimum atomic E-state index is -4.51. The van der Waals surface area contributed by atoms with Crippen molar-refractivity contribution in [3.05, 3.63) is 23.8 Å². The standard InChI is InChI=1S/C13H12F3NO2/c14-13(15,16)8-4-3-5-9-10(8)17-11(18)12(19-9)6-1-2-7-12/h3-5H,1-2,6-7H2,(H,17,18). The van der Waals surface area contributed by atoms with Crippen LogP contribution in [0.2, 0.25) is 0 Å². The maximum atomic E-state index is 12.9. The first-order chi connectivity index (χ1) is 8.92. The number of hydrogen-bond donors (Lipinski definition) is 1. The molecule has 6 heteroatoms. The summed E-state index contributed by atoms with van der Waals surface area (Å²) in [6.07, 6.45) is -1.71. The number of hydrogen-bond acceptors (Lipinski definition) is 2. The van der Waals surface area contributed by atoms with Crippen LogP contribution >= 0.6 is 0 Å². The van der Waals surface area contributed by atoms with Crippen molar-refractivity contribution >= 4 is 11.6 Å². The molecule has 1 saturated carbocycles. The van der Waals surface area contributed by atoms with E-state index in [2.05, 4.69) is 5.32 Å². The van der Waals surface area contributed by atoms with Gasteiger partial charge in [-0.2, -0.15) is 13.2 Å². The zero-order valence-electron chi connectivity index (χ0n) is 10.0. The lowest BCUT2D eigenvalue weighted by molar-refractivity contribution is -0.138. The lowest BCUT2D eigenvalue weighted by Gasteiger charge is -2.35. The number of anilines is 1. The van der Waals surface area contributed by atoms with E-state index in [1.807, 2.05) is 0 Å². The highest BCUT2D eigenvalue weighted by Gasteiger charge is 2.48. The lowest BCUT2D eigenvalue weighted by atomic mass is 9.97. The summed E-state index contributed by atoms with van der Waals surface area (Å²) in [6.45, 7) is 0. The zero-order valence-corrected chi connectivity index (χ0v) is 10.0. The van der Waals surface area contributed by atoms with Gasteiger partial charge < -0.3 is 10.1 Å². The minimum absolute atomic E-state index is 0.108. The molecule has 0 saturated heterocycles. The zero-order chi connectivity index (χ0) is 13.7. The number of para-hydroxylation sites is 1. The van der Waals surface area contributed by atoms with Crippen LogP contribution in [0, 0.1) is 0 Å². The molecule has 3 rings (SSSR count). The molecule has 1 aromatic rings. The second-order valence-corrected chi connectivity index (χ2v) is 4.93. The molecule has 0 unspecified atom stereocenters. The summed E-state index contributed by atoms with van der Waals surface area (Å²) in [4.78, 5) is 12.1. The number of rotatable bonds is 0. The number of alkyl halides is 3. The molecule has 0 aromatic heterocycles. The van der Waals surface area contributed by atoms with Crippen LogP contribution in [-0.4, -0.2) is 11.5 Å². The van der Waals surface area contributed by atoms with Crippen molar-refractivity contribution in [2.75, 3.05) is 5.32 Å². The molecule has 1 aliphatic heterocycles. The van der Waals surface area contributed by atoms with Crippen LogP contribution in [0.1, 0.15) is 31.2 Å². The van der Waals surface area contributed by atoms with Crippen LogP contribution in [0.3, 0.4) is 0 Å². The van der Waals surface area contributed by atoms with Crippen LogP contribution in [-0.2, 0) is 11.0 Å². The number of ether oxygens (including phenoxy) is 1. The molecule has 1 amide bonds. The minimum Gasteiger partial charge on any atom is -0.475 e. The molecule has 102 valence electrons. The summed E-state index contributed by atoms with van der Waals surface area (Å²) < 4.78 is 44.2. The summed E-state index contributed by atoms with van der Waals surface area (Å²) >= 11 is 0. The third kappa shape index (κ3) is 1.86. The van der Waals surface area contributed by atoms with Crippen molar-refractivity contribution in [1.82, 2.24) is 0 Å². The number of fused-ring (bicyclic) bond motifs is 1. The number of nitrogens with one attached hydrogen (secondary N) is 1. The molecule has 0 atom stereocenters. The first-order valence-corrected chi connectivity index (χ1v) is 6.13. The predicted octanol–water partition coefficient (Wildman–Crippen LogP) is 3.35. The first kappa shape index (κ1) is 12.3. The summed E-state index contributed by atoms with van der Waals surface area (Å²) in [5, 5.41) is 2.38. The molecule has 1 spiro atoms. The van der Waals surface area contributed by atoms with E-state index in [4.69, 9.17) is 4.74 Å². The monoisotopic (exact) mass is 271 g/mol. The Balaban J connectivity index is 2.06. The molecule has 1 N–H and O–H groups in total. The van der Waals surface area contributed by atoms with Crippen LogP contribution < -0.4 is 10.1 Å². The summed E-state index contributed by atoms with van der Waals surface area (Å²) in [7, 11) is 0. The molecular weight excluding hydrogens is 259 g/mol. The van der Waals surface area contributed by atoms with Crippen molar-refractivity contribution in [2.24, 2.45) is 0 Å². The highest BCUT2D eigenvalue weighted by molar-refractivity contribution is 6.01. The van der Waals surface area contributed by atoms with E-state index in [0.717, 1.165) is 18.9 Å². The molecule has 3 nitrogen and oxygen atoms in total. The van der Waals surface area contributed by atoms with E-state index >= 15 is 0 Å². The summed E-state index contributed by atoms with van der Waals surface area (Å²) in [5.74, 6) is -0.356. The normalized spacial score (nSPS) is 20.9. The number of benzene rings is 1. The topological polar surface area (TPSA) is 38.3 Å². The van der Waals surface area contributed by atoms with Gasteiger partial charge in [-0.3, -0.25) is 4.79 Å². The van der Waals surface area contributed by atoms with E-state index in [1.165, 1.54) is 12.1 Å². The van der Waals surface area contributed by atoms with Crippen LogP contribution in [0.4, 0.5) is 18.9 Å². The predicted molar refractivity (Wildman–Crippen MR) is 61.9 cm³/mol. The Morgan fingerprint density at radius 2 is 1.89 bits per heavy atom. The van der Waals surface area contributed by atoms with Crippen LogP contribution in [0.15, 0.2) is 18.2 Å². The Kier molecular flexibility index (Phi) is 2.52. The number of carbonyl (C=O) groups is 1. The maximum absolute atomic E-state index is 12.9. The summed E-state index contributed by atoms with van der Waals surface area (Å²) in [6, 6.07) is 3.70. The van der Waals surface area contributed by atoms with Crippen molar-refractivity contribution in [3.8, 4) is 5.75 Å². The highest BCUT2D eigenvalue weighted by Crippen LogP contribution is 2.46. The van der Waals surface area contributed by atoms with Crippen LogP contribution in [0.25, 0.3) is 0 Å². The SMILES string of the molecule is O=C1Nc2c(cccc2C(F)(F)F)OC12CCCC2. The van der Waals surface area contributed by atoms with Crippen molar-refractivity contribution < 1.29 is 22.7 Å². The highest BCUT2D eigenvalue weighted by atomic mass is 19.4. The first-order valence-electron chi connectivity index (χ1n) is 6.13. The van der Waals surface area contributed by atoms with Gasteiger partial charge in [0.1, 0.15) is 5.75 Å². The van der Waals surface area contributed by atoms with E-state index in [1.54, 1.807) is 0 Å². The van der Waals surface area contributed by atoms with Gasteiger partial charge in [0, 0.05) is 0 Å². The molecule has 0 bridgehead atoms. The van der Waals surface area contributed by atoms with Gasteiger partial charge in [-0.05, 0) is 37.8 Å². The Bertz CT molecular complexity index is 533. The van der Waals surface area contributed by atoms with Gasteiger partial charge in [0.05, 0.1) is 11.3 Å². The second kappa shape index (κ2) is 3.88. The van der Waals surface area contributed by atoms with Gasteiger partial charge in [-0.1, -0.05) is 6.07 Å². The van der Waals surface area contributed by atoms with Gasteiger partial charge in [0.15, 0.2) is 5.60 Å². The van der Waals surface area contributed by atoms with Gasteiger partial charge in [-0.15, -0.1) is 0 Å². The number of amides is 1. The van der Waals surface area contributed by atoms with E-state index in [9.17, 15) is 18.0 Å². The second-order valence-electron chi connectivity index (χ2n) is 4.93.